The molecule has 2 N–H and O–H groups in total. The van der Waals surface area contributed by atoms with Crippen molar-refractivity contribution in [3.63, 3.8) is 0 Å². The SMILES string of the molecule is COc1ncc(-c2cccc(Cl)c2C)c(N)c1Br. The van der Waals surface area contributed by atoms with Crippen LogP contribution in [-0.2, 0) is 0 Å². The molecule has 3 nitrogen and oxygen atoms in total. The highest BCUT2D eigenvalue weighted by atomic mass is 79.9. The van der Waals surface area contributed by atoms with Gasteiger partial charge in [-0.3, -0.25) is 0 Å². The van der Waals surface area contributed by atoms with Gasteiger partial charge in [-0.15, -0.1) is 0 Å². The van der Waals surface area contributed by atoms with Gasteiger partial charge >= 0.3 is 0 Å². The van der Waals surface area contributed by atoms with Gasteiger partial charge in [0.2, 0.25) is 5.88 Å². The van der Waals surface area contributed by atoms with Crippen LogP contribution in [0.1, 0.15) is 5.56 Å². The zero-order chi connectivity index (χ0) is 13.3. The molecule has 0 radical (unpaired) electrons. The summed E-state index contributed by atoms with van der Waals surface area (Å²) in [6, 6.07) is 5.71. The number of aromatic nitrogens is 1. The van der Waals surface area contributed by atoms with E-state index in [0.29, 0.717) is 21.1 Å². The summed E-state index contributed by atoms with van der Waals surface area (Å²) in [5.41, 5.74) is 9.47. The molecule has 0 spiro atoms. The molecule has 0 atom stereocenters. The van der Waals surface area contributed by atoms with E-state index in [0.717, 1.165) is 16.7 Å². The van der Waals surface area contributed by atoms with Gasteiger partial charge in [0.05, 0.1) is 12.8 Å². The number of pyridine rings is 1. The predicted molar refractivity (Wildman–Crippen MR) is 78.1 cm³/mol. The molecule has 0 unspecified atom stereocenters. The van der Waals surface area contributed by atoms with Crippen LogP contribution in [0.25, 0.3) is 11.1 Å². The van der Waals surface area contributed by atoms with Crippen LogP contribution in [0, 0.1) is 6.92 Å². The Hall–Kier alpha value is -1.26. The van der Waals surface area contributed by atoms with Gasteiger partial charge in [0.15, 0.2) is 0 Å². The second-order valence-electron chi connectivity index (χ2n) is 3.82. The Morgan fingerprint density at radius 3 is 2.72 bits per heavy atom. The molecule has 94 valence electrons. The first-order chi connectivity index (χ1) is 8.56. The van der Waals surface area contributed by atoms with E-state index in [2.05, 4.69) is 20.9 Å². The second kappa shape index (κ2) is 5.16. The van der Waals surface area contributed by atoms with E-state index in [1.54, 1.807) is 13.3 Å². The monoisotopic (exact) mass is 326 g/mol. The first-order valence-electron chi connectivity index (χ1n) is 5.29. The Labute approximate surface area is 119 Å². The summed E-state index contributed by atoms with van der Waals surface area (Å²) < 4.78 is 5.76. The summed E-state index contributed by atoms with van der Waals surface area (Å²) in [7, 11) is 1.55. The largest absolute Gasteiger partial charge is 0.480 e. The first kappa shape index (κ1) is 13.2. The molecule has 1 heterocycles. The molecular formula is C13H12BrClN2O. The maximum Gasteiger partial charge on any atom is 0.229 e. The van der Waals surface area contributed by atoms with Crippen molar-refractivity contribution < 1.29 is 4.74 Å². The number of halogens is 2. The molecule has 0 fully saturated rings. The molecule has 1 aromatic carbocycles. The van der Waals surface area contributed by atoms with Crippen molar-refractivity contribution in [3.8, 4) is 17.0 Å². The van der Waals surface area contributed by atoms with Crippen LogP contribution in [-0.4, -0.2) is 12.1 Å². The van der Waals surface area contributed by atoms with Crippen molar-refractivity contribution in [2.24, 2.45) is 0 Å². The van der Waals surface area contributed by atoms with Crippen LogP contribution in [0.5, 0.6) is 5.88 Å². The second-order valence-corrected chi connectivity index (χ2v) is 5.02. The lowest BCUT2D eigenvalue weighted by atomic mass is 10.0. The predicted octanol–water partition coefficient (Wildman–Crippen LogP) is 4.06. The minimum atomic E-state index is 0.468. The first-order valence-corrected chi connectivity index (χ1v) is 6.46. The zero-order valence-electron chi connectivity index (χ0n) is 10.00. The van der Waals surface area contributed by atoms with E-state index in [4.69, 9.17) is 22.1 Å². The number of ether oxygens (including phenoxy) is 1. The maximum absolute atomic E-state index is 6.12. The molecular weight excluding hydrogens is 316 g/mol. The zero-order valence-corrected chi connectivity index (χ0v) is 12.3. The fourth-order valence-corrected chi connectivity index (χ4v) is 2.39. The third-order valence-corrected chi connectivity index (χ3v) is 3.95. The summed E-state index contributed by atoms with van der Waals surface area (Å²) in [6.07, 6.45) is 1.69. The highest BCUT2D eigenvalue weighted by molar-refractivity contribution is 9.10. The summed E-state index contributed by atoms with van der Waals surface area (Å²) in [6.45, 7) is 1.95. The van der Waals surface area contributed by atoms with Crippen LogP contribution in [0.3, 0.4) is 0 Å². The van der Waals surface area contributed by atoms with E-state index in [1.807, 2.05) is 25.1 Å². The fraction of sp³-hybridized carbons (Fsp3) is 0.154. The molecule has 2 aromatic rings. The van der Waals surface area contributed by atoms with Crippen LogP contribution in [0.2, 0.25) is 5.02 Å². The van der Waals surface area contributed by atoms with Gasteiger partial charge in [-0.1, -0.05) is 23.7 Å². The van der Waals surface area contributed by atoms with E-state index >= 15 is 0 Å². The molecule has 0 amide bonds. The van der Waals surface area contributed by atoms with E-state index in [-0.39, 0.29) is 0 Å². The molecule has 0 saturated heterocycles. The normalized spacial score (nSPS) is 10.4. The third-order valence-electron chi connectivity index (χ3n) is 2.78. The number of nitrogens with two attached hydrogens (primary N) is 1. The summed E-state index contributed by atoms with van der Waals surface area (Å²) >= 11 is 9.50. The summed E-state index contributed by atoms with van der Waals surface area (Å²) in [5.74, 6) is 0.468. The van der Waals surface area contributed by atoms with Gasteiger partial charge in [-0.25, -0.2) is 4.98 Å². The van der Waals surface area contributed by atoms with Gasteiger partial charge in [0, 0.05) is 16.8 Å². The van der Waals surface area contributed by atoms with Gasteiger partial charge in [-0.2, -0.15) is 0 Å². The average Bonchev–Trinajstić information content (AvgIpc) is 2.37. The molecule has 2 rings (SSSR count). The highest BCUT2D eigenvalue weighted by Crippen LogP contribution is 2.38. The smallest absolute Gasteiger partial charge is 0.229 e. The van der Waals surface area contributed by atoms with Gasteiger partial charge < -0.3 is 10.5 Å². The Morgan fingerprint density at radius 1 is 1.33 bits per heavy atom. The Balaban J connectivity index is 2.65. The minimum Gasteiger partial charge on any atom is -0.480 e. The highest BCUT2D eigenvalue weighted by Gasteiger charge is 2.14. The standard InChI is InChI=1S/C13H12BrClN2O/c1-7-8(4-3-5-10(7)15)9-6-17-13(18-2)11(14)12(9)16/h3-6H,1-2H3,(H2,16,17). The van der Waals surface area contributed by atoms with E-state index < -0.39 is 0 Å². The Kier molecular flexibility index (Phi) is 3.78. The molecule has 0 bridgehead atoms. The van der Waals surface area contributed by atoms with Crippen molar-refractivity contribution in [1.82, 2.24) is 4.98 Å². The average molecular weight is 328 g/mol. The number of nitrogens with zero attached hydrogens (tertiary/aromatic N) is 1. The van der Waals surface area contributed by atoms with Gasteiger partial charge in [-0.05, 0) is 40.0 Å². The van der Waals surface area contributed by atoms with Crippen LogP contribution in [0.15, 0.2) is 28.9 Å². The Morgan fingerprint density at radius 2 is 2.06 bits per heavy atom. The van der Waals surface area contributed by atoms with Crippen molar-refractivity contribution in [2.45, 2.75) is 6.92 Å². The van der Waals surface area contributed by atoms with E-state index in [9.17, 15) is 0 Å². The van der Waals surface area contributed by atoms with Crippen molar-refractivity contribution in [1.29, 1.82) is 0 Å². The summed E-state index contributed by atoms with van der Waals surface area (Å²) in [5, 5.41) is 0.707. The lowest BCUT2D eigenvalue weighted by Crippen LogP contribution is -1.98. The van der Waals surface area contributed by atoms with Crippen molar-refractivity contribution in [2.75, 3.05) is 12.8 Å². The number of nitrogen functional groups attached to an aromatic ring is 1. The fourth-order valence-electron chi connectivity index (χ4n) is 1.74. The van der Waals surface area contributed by atoms with Crippen molar-refractivity contribution in [3.05, 3.63) is 39.5 Å². The number of methoxy groups -OCH3 is 1. The molecule has 0 aliphatic heterocycles. The van der Waals surface area contributed by atoms with Crippen molar-refractivity contribution >= 4 is 33.2 Å². The molecule has 0 aliphatic carbocycles. The molecule has 5 heteroatoms. The number of rotatable bonds is 2. The number of hydrogen-bond donors (Lipinski definition) is 1. The number of anilines is 1. The molecule has 1 aromatic heterocycles. The van der Waals surface area contributed by atoms with Gasteiger partial charge in [0.25, 0.3) is 0 Å². The maximum atomic E-state index is 6.12. The number of hydrogen-bond acceptors (Lipinski definition) is 3. The topological polar surface area (TPSA) is 48.1 Å². The van der Waals surface area contributed by atoms with Gasteiger partial charge in [0.1, 0.15) is 4.47 Å². The third kappa shape index (κ3) is 2.18. The van der Waals surface area contributed by atoms with Crippen LogP contribution >= 0.6 is 27.5 Å². The molecule has 18 heavy (non-hydrogen) atoms. The quantitative estimate of drug-likeness (QED) is 0.904. The minimum absolute atomic E-state index is 0.468. The Bertz CT molecular complexity index is 602. The number of benzene rings is 1. The lowest BCUT2D eigenvalue weighted by molar-refractivity contribution is 0.395. The van der Waals surface area contributed by atoms with Crippen LogP contribution < -0.4 is 10.5 Å². The van der Waals surface area contributed by atoms with E-state index in [1.165, 1.54) is 0 Å². The summed E-state index contributed by atoms with van der Waals surface area (Å²) in [4.78, 5) is 4.21. The molecule has 0 saturated carbocycles. The molecule has 0 aliphatic rings. The lowest BCUT2D eigenvalue weighted by Gasteiger charge is -2.12. The van der Waals surface area contributed by atoms with Crippen LogP contribution in [0.4, 0.5) is 5.69 Å².